The van der Waals surface area contributed by atoms with Crippen LogP contribution in [0.3, 0.4) is 0 Å². The second kappa shape index (κ2) is 40.0. The van der Waals surface area contributed by atoms with Gasteiger partial charge < -0.3 is 32.1 Å². The Morgan fingerprint density at radius 2 is 0.684 bits per heavy atom. The van der Waals surface area contributed by atoms with Gasteiger partial charge in [-0.2, -0.15) is 21.6 Å². The fraction of sp³-hybridized carbons (Fsp3) is 0.305. The molecule has 412 valence electrons. The summed E-state index contributed by atoms with van der Waals surface area (Å²) in [6.45, 7) is 33.2. The molecule has 10 rings (SSSR count). The number of nitrogens with zero attached hydrogens (tertiary/aromatic N) is 6. The minimum atomic E-state index is -2.61. The smallest absolute Gasteiger partial charge is 0.335 e. The first-order valence-corrected chi connectivity index (χ1v) is 27.9. The van der Waals surface area contributed by atoms with Crippen LogP contribution in [0, 0.1) is 32.1 Å². The van der Waals surface area contributed by atoms with Crippen molar-refractivity contribution in [1.82, 2.24) is 22.8 Å². The van der Waals surface area contributed by atoms with E-state index >= 15 is 0 Å². The summed E-state index contributed by atoms with van der Waals surface area (Å²) < 4.78 is 72.9. The summed E-state index contributed by atoms with van der Waals surface area (Å²) >= 11 is -3.01. The van der Waals surface area contributed by atoms with Crippen LogP contribution in [0.25, 0.3) is 59.4 Å². The van der Waals surface area contributed by atoms with Crippen molar-refractivity contribution in [1.29, 1.82) is 4.78 Å². The van der Waals surface area contributed by atoms with Gasteiger partial charge in [-0.25, -0.2) is 4.85 Å². The Morgan fingerprint density at radius 3 is 0.947 bits per heavy atom. The number of rotatable bonds is 2. The van der Waals surface area contributed by atoms with Crippen LogP contribution in [-0.4, -0.2) is 48.4 Å². The molecule has 0 aliphatic heterocycles. The second-order valence-corrected chi connectivity index (χ2v) is 16.4. The first-order chi connectivity index (χ1) is 36.4. The molecular formula is C59H81N8O6S3-. The Balaban J connectivity index is 0. The minimum Gasteiger partial charge on any atom is -0.755 e. The Morgan fingerprint density at radius 1 is 0.447 bits per heavy atom. The third-order valence-corrected chi connectivity index (χ3v) is 10.6. The van der Waals surface area contributed by atoms with E-state index < -0.39 is 33.3 Å². The van der Waals surface area contributed by atoms with Crippen molar-refractivity contribution in [2.45, 2.75) is 90.0 Å². The lowest BCUT2D eigenvalue weighted by atomic mass is 10.2. The zero-order valence-electron chi connectivity index (χ0n) is 47.8. The highest BCUT2D eigenvalue weighted by Crippen LogP contribution is 2.22. The van der Waals surface area contributed by atoms with Crippen molar-refractivity contribution in [3.8, 4) is 0 Å². The molecule has 10 aromatic rings. The number of nitrogens with one attached hydrogen (secondary N) is 2. The SMILES string of the molecule is CC.CC.CC.CC.CC.Cc1ccc2c(ccn2C)c1.Cc1ccc2c(ccn2C)c1.Cc1ccc2c(ccn2C)c1.Cn1ccc2cc(NS(=O)[O-])ccc21.N=S(=O)=O.O=S=O.[C-]#[N+]c1ccc2c(ccn2C)c1. The lowest BCUT2D eigenvalue weighted by molar-refractivity contribution is 0.542. The lowest BCUT2D eigenvalue weighted by Crippen LogP contribution is -2.01. The van der Waals surface area contributed by atoms with Gasteiger partial charge in [-0.1, -0.05) is 110 Å². The summed E-state index contributed by atoms with van der Waals surface area (Å²) in [6.07, 6.45) is 10.2. The summed E-state index contributed by atoms with van der Waals surface area (Å²) in [7, 11) is 7.54. The lowest BCUT2D eigenvalue weighted by Gasteiger charge is -2.08. The molecule has 0 aliphatic carbocycles. The van der Waals surface area contributed by atoms with Gasteiger partial charge in [0.25, 0.3) is 0 Å². The minimum absolute atomic E-state index is 0.581. The van der Waals surface area contributed by atoms with Crippen LogP contribution in [0.15, 0.2) is 152 Å². The molecule has 17 heteroatoms. The number of hydrogen-bond acceptors (Lipinski definition) is 7. The third kappa shape index (κ3) is 24.3. The number of anilines is 1. The Bertz CT molecular complexity index is 3260. The van der Waals surface area contributed by atoms with Gasteiger partial charge in [0.1, 0.15) is 0 Å². The van der Waals surface area contributed by atoms with Crippen molar-refractivity contribution in [2.24, 2.45) is 35.2 Å². The number of benzene rings is 5. The first-order valence-electron chi connectivity index (χ1n) is 25.1. The predicted octanol–water partition coefficient (Wildman–Crippen LogP) is 15.7. The molecule has 0 radical (unpaired) electrons. The maximum Gasteiger partial charge on any atom is 0.335 e. The Labute approximate surface area is 460 Å². The van der Waals surface area contributed by atoms with E-state index in [2.05, 4.69) is 157 Å². The van der Waals surface area contributed by atoms with Crippen molar-refractivity contribution >= 4 is 99.2 Å². The summed E-state index contributed by atoms with van der Waals surface area (Å²) in [5.74, 6) is 0. The fourth-order valence-electron chi connectivity index (χ4n) is 6.98. The molecule has 5 aromatic heterocycles. The van der Waals surface area contributed by atoms with Gasteiger partial charge in [-0.15, -0.1) is 0 Å². The van der Waals surface area contributed by atoms with E-state index in [1.54, 1.807) is 12.1 Å². The Kier molecular flexibility index (Phi) is 37.2. The summed E-state index contributed by atoms with van der Waals surface area (Å²) in [5, 5.41) is 6.13. The van der Waals surface area contributed by atoms with Crippen LogP contribution in [0.5, 0.6) is 0 Å². The van der Waals surface area contributed by atoms with Gasteiger partial charge in [0.15, 0.2) is 5.69 Å². The quantitative estimate of drug-likeness (QED) is 0.129. The first kappa shape index (κ1) is 70.7. The number of hydrogen-bond donors (Lipinski definition) is 2. The van der Waals surface area contributed by atoms with Gasteiger partial charge in [-0.05, 0) is 139 Å². The van der Waals surface area contributed by atoms with Crippen LogP contribution in [0.1, 0.15) is 85.9 Å². The van der Waals surface area contributed by atoms with E-state index in [1.165, 1.54) is 54.9 Å². The van der Waals surface area contributed by atoms with Crippen LogP contribution in [0.2, 0.25) is 0 Å². The molecule has 0 saturated carbocycles. The van der Waals surface area contributed by atoms with Gasteiger partial charge in [0.05, 0.1) is 6.57 Å². The highest BCUT2D eigenvalue weighted by Gasteiger charge is 2.01. The van der Waals surface area contributed by atoms with Crippen LogP contribution in [0.4, 0.5) is 11.4 Å². The molecule has 0 aliphatic rings. The van der Waals surface area contributed by atoms with Gasteiger partial charge in [0, 0.05) is 116 Å². The number of fused-ring (bicyclic) bond motifs is 5. The largest absolute Gasteiger partial charge is 0.755 e. The molecule has 5 heterocycles. The van der Waals surface area contributed by atoms with Gasteiger partial charge in [-0.3, -0.25) is 4.21 Å². The zero-order chi connectivity index (χ0) is 58.5. The van der Waals surface area contributed by atoms with E-state index in [0.29, 0.717) is 11.4 Å². The fourth-order valence-corrected chi connectivity index (χ4v) is 7.30. The third-order valence-electron chi connectivity index (χ3n) is 10.2. The molecule has 2 N–H and O–H groups in total. The number of aromatic nitrogens is 5. The maximum absolute atomic E-state index is 10.4. The van der Waals surface area contributed by atoms with Gasteiger partial charge in [0.2, 0.25) is 0 Å². The van der Waals surface area contributed by atoms with E-state index in [-0.39, 0.29) is 0 Å². The van der Waals surface area contributed by atoms with Crippen molar-refractivity contribution in [3.63, 3.8) is 0 Å². The van der Waals surface area contributed by atoms with E-state index in [9.17, 15) is 8.76 Å². The summed E-state index contributed by atoms with van der Waals surface area (Å²) in [5.41, 5.74) is 11.4. The van der Waals surface area contributed by atoms with Crippen LogP contribution >= 0.6 is 0 Å². The molecule has 1 atom stereocenters. The molecule has 14 nitrogen and oxygen atoms in total. The second-order valence-electron chi connectivity index (χ2n) is 15.1. The van der Waals surface area contributed by atoms with Crippen LogP contribution < -0.4 is 4.72 Å². The average Bonchev–Trinajstić information content (AvgIpc) is 4.26. The molecule has 76 heavy (non-hydrogen) atoms. The summed E-state index contributed by atoms with van der Waals surface area (Å²) in [4.78, 5) is 3.37. The number of aryl methyl sites for hydroxylation is 8. The predicted molar refractivity (Wildman–Crippen MR) is 325 cm³/mol. The standard InChI is InChI=1S/C10H8N2.3C10H11N.C9H10N2O2S.5C2H6.HNO2S.O2S/c1-11-9-3-4-10-8(7-9)5-6-12(10)2;3*1-8-3-4-10-9(7-8)5-6-11(10)2;1-11-5-4-7-6-8(10-14(12)13)2-3-9(7)11;5*1-2;1-4(2)3;1-3-2/h3-7H,2H3;3*3-7H,1-2H3;2-6,10H,1H3,(H,12,13);5*1-2H3;1H;/p-1. The highest BCUT2D eigenvalue weighted by atomic mass is 32.2. The van der Waals surface area contributed by atoms with Crippen molar-refractivity contribution in [3.05, 3.63) is 180 Å². The highest BCUT2D eigenvalue weighted by molar-refractivity contribution is 7.80. The molecule has 5 aromatic carbocycles. The molecule has 1 unspecified atom stereocenters. The molecule has 0 saturated heterocycles. The van der Waals surface area contributed by atoms with E-state index in [1.807, 2.05) is 141 Å². The summed E-state index contributed by atoms with van der Waals surface area (Å²) in [6, 6.07) is 41.0. The normalized spacial score (nSPS) is 9.50. The monoisotopic (exact) mass is 1090 g/mol. The molecule has 0 fully saturated rings. The molecule has 0 bridgehead atoms. The van der Waals surface area contributed by atoms with Gasteiger partial charge >= 0.3 is 22.1 Å². The van der Waals surface area contributed by atoms with Crippen molar-refractivity contribution < 1.29 is 25.6 Å². The maximum atomic E-state index is 10.4. The molecular weight excluding hydrogens is 1010 g/mol. The van der Waals surface area contributed by atoms with Crippen LogP contribution in [-0.2, 0) is 68.6 Å². The Hall–Kier alpha value is -7.36. The zero-order valence-corrected chi connectivity index (χ0v) is 50.2. The van der Waals surface area contributed by atoms with Crippen molar-refractivity contribution in [2.75, 3.05) is 4.72 Å². The molecule has 0 spiro atoms. The van der Waals surface area contributed by atoms with E-state index in [0.717, 1.165) is 16.3 Å². The topological polar surface area (TPSA) is 173 Å². The molecule has 0 amide bonds. The average molecular weight is 1090 g/mol. The van der Waals surface area contributed by atoms with E-state index in [4.69, 9.17) is 28.2 Å².